The van der Waals surface area contributed by atoms with E-state index in [2.05, 4.69) is 10.6 Å². The molecule has 30 heavy (non-hydrogen) atoms. The molecule has 0 heterocycles. The van der Waals surface area contributed by atoms with Gasteiger partial charge in [-0.15, -0.1) is 0 Å². The summed E-state index contributed by atoms with van der Waals surface area (Å²) in [6.07, 6.45) is -0.668. The number of carboxylic acid groups (broad SMARTS) is 1. The molecule has 3 N–H and O–H groups in total. The SMILES string of the molecule is CC(C)[C@@H](NC(=O)OCc1ccccc1)C(=O)N[C@H](Cc1ccc(Cl)cc1)C(=O)O. The molecule has 0 radical (unpaired) electrons. The van der Waals surface area contributed by atoms with Gasteiger partial charge in [0.15, 0.2) is 0 Å². The maximum absolute atomic E-state index is 12.7. The average molecular weight is 433 g/mol. The van der Waals surface area contributed by atoms with Crippen LogP contribution in [0.5, 0.6) is 0 Å². The van der Waals surface area contributed by atoms with Gasteiger partial charge >= 0.3 is 12.1 Å². The smallest absolute Gasteiger partial charge is 0.408 e. The van der Waals surface area contributed by atoms with E-state index in [-0.39, 0.29) is 18.9 Å². The summed E-state index contributed by atoms with van der Waals surface area (Å²) < 4.78 is 5.16. The van der Waals surface area contributed by atoms with E-state index < -0.39 is 30.1 Å². The fraction of sp³-hybridized carbons (Fsp3) is 0.318. The number of hydrogen-bond donors (Lipinski definition) is 3. The van der Waals surface area contributed by atoms with E-state index in [1.54, 1.807) is 38.1 Å². The van der Waals surface area contributed by atoms with E-state index in [0.29, 0.717) is 10.6 Å². The van der Waals surface area contributed by atoms with Crippen molar-refractivity contribution < 1.29 is 24.2 Å². The van der Waals surface area contributed by atoms with Crippen molar-refractivity contribution in [1.82, 2.24) is 10.6 Å². The van der Waals surface area contributed by atoms with Crippen LogP contribution in [0.2, 0.25) is 5.02 Å². The fourth-order valence-electron chi connectivity index (χ4n) is 2.74. The zero-order valence-electron chi connectivity index (χ0n) is 16.8. The highest BCUT2D eigenvalue weighted by Crippen LogP contribution is 2.12. The van der Waals surface area contributed by atoms with Crippen molar-refractivity contribution in [2.24, 2.45) is 5.92 Å². The second-order valence-electron chi connectivity index (χ2n) is 7.16. The third kappa shape index (κ3) is 7.40. The van der Waals surface area contributed by atoms with Gasteiger partial charge < -0.3 is 20.5 Å². The number of benzene rings is 2. The maximum atomic E-state index is 12.7. The number of aliphatic carboxylic acids is 1. The second-order valence-corrected chi connectivity index (χ2v) is 7.59. The zero-order chi connectivity index (χ0) is 22.1. The summed E-state index contributed by atoms with van der Waals surface area (Å²) in [7, 11) is 0. The number of alkyl carbamates (subject to hydrolysis) is 1. The van der Waals surface area contributed by atoms with Gasteiger partial charge in [-0.1, -0.05) is 67.9 Å². The van der Waals surface area contributed by atoms with Gasteiger partial charge in [0, 0.05) is 11.4 Å². The molecule has 0 saturated carbocycles. The lowest BCUT2D eigenvalue weighted by Gasteiger charge is -2.24. The number of carbonyl (C=O) groups is 3. The van der Waals surface area contributed by atoms with Gasteiger partial charge in [0.25, 0.3) is 0 Å². The van der Waals surface area contributed by atoms with E-state index in [4.69, 9.17) is 16.3 Å². The Bertz CT molecular complexity index is 856. The lowest BCUT2D eigenvalue weighted by atomic mass is 10.0. The van der Waals surface area contributed by atoms with Crippen molar-refractivity contribution in [3.63, 3.8) is 0 Å². The molecule has 0 fully saturated rings. The topological polar surface area (TPSA) is 105 Å². The van der Waals surface area contributed by atoms with Gasteiger partial charge in [-0.25, -0.2) is 9.59 Å². The van der Waals surface area contributed by atoms with Gasteiger partial charge in [-0.3, -0.25) is 4.79 Å². The summed E-state index contributed by atoms with van der Waals surface area (Å²) in [5.74, 6) is -2.05. The van der Waals surface area contributed by atoms with Crippen LogP contribution in [0, 0.1) is 5.92 Å². The van der Waals surface area contributed by atoms with Gasteiger partial charge in [-0.2, -0.15) is 0 Å². The van der Waals surface area contributed by atoms with Crippen LogP contribution in [-0.2, 0) is 27.4 Å². The van der Waals surface area contributed by atoms with E-state index in [9.17, 15) is 19.5 Å². The molecule has 2 atom stereocenters. The second kappa shape index (κ2) is 11.2. The molecule has 0 aliphatic heterocycles. The third-order valence-electron chi connectivity index (χ3n) is 4.40. The summed E-state index contributed by atoms with van der Waals surface area (Å²) in [5.41, 5.74) is 1.52. The number of amides is 2. The van der Waals surface area contributed by atoms with Crippen molar-refractivity contribution in [1.29, 1.82) is 0 Å². The quantitative estimate of drug-likeness (QED) is 0.563. The van der Waals surface area contributed by atoms with Crippen LogP contribution in [0.4, 0.5) is 4.79 Å². The fourth-order valence-corrected chi connectivity index (χ4v) is 2.87. The highest BCUT2D eigenvalue weighted by Gasteiger charge is 2.29. The maximum Gasteiger partial charge on any atom is 0.408 e. The summed E-state index contributed by atoms with van der Waals surface area (Å²) in [4.78, 5) is 36.5. The Kier molecular flexibility index (Phi) is 8.68. The zero-order valence-corrected chi connectivity index (χ0v) is 17.6. The number of hydrogen-bond acceptors (Lipinski definition) is 4. The number of nitrogens with one attached hydrogen (secondary N) is 2. The average Bonchev–Trinajstić information content (AvgIpc) is 2.71. The van der Waals surface area contributed by atoms with Crippen LogP contribution in [0.15, 0.2) is 54.6 Å². The summed E-state index contributed by atoms with van der Waals surface area (Å²) in [6.45, 7) is 3.56. The number of carbonyl (C=O) groups excluding carboxylic acids is 2. The molecule has 0 bridgehead atoms. The molecule has 0 saturated heterocycles. The molecule has 160 valence electrons. The van der Waals surface area contributed by atoms with Crippen LogP contribution in [0.3, 0.4) is 0 Å². The number of rotatable bonds is 9. The normalized spacial score (nSPS) is 12.7. The van der Waals surface area contributed by atoms with E-state index >= 15 is 0 Å². The first kappa shape index (κ1) is 23.2. The molecule has 2 amide bonds. The predicted molar refractivity (Wildman–Crippen MR) is 113 cm³/mol. The Hall–Kier alpha value is -3.06. The van der Waals surface area contributed by atoms with Crippen molar-refractivity contribution in [3.05, 3.63) is 70.7 Å². The van der Waals surface area contributed by atoms with Crippen LogP contribution < -0.4 is 10.6 Å². The van der Waals surface area contributed by atoms with Crippen LogP contribution in [0.1, 0.15) is 25.0 Å². The first-order chi connectivity index (χ1) is 14.3. The molecule has 0 aromatic heterocycles. The molecule has 8 heteroatoms. The Morgan fingerprint density at radius 1 is 0.967 bits per heavy atom. The number of halogens is 1. The molecule has 2 aromatic rings. The molecule has 0 spiro atoms. The molecule has 0 aliphatic rings. The molecular formula is C22H25ClN2O5. The van der Waals surface area contributed by atoms with E-state index in [1.807, 2.05) is 30.3 Å². The molecular weight excluding hydrogens is 408 g/mol. The first-order valence-corrected chi connectivity index (χ1v) is 9.89. The van der Waals surface area contributed by atoms with Crippen molar-refractivity contribution in [3.8, 4) is 0 Å². The summed E-state index contributed by atoms with van der Waals surface area (Å²) in [6, 6.07) is 13.7. The predicted octanol–water partition coefficient (Wildman–Crippen LogP) is 3.40. The molecule has 0 aliphatic carbocycles. The molecule has 2 rings (SSSR count). The monoisotopic (exact) mass is 432 g/mol. The van der Waals surface area contributed by atoms with Gasteiger partial charge in [0.05, 0.1) is 0 Å². The van der Waals surface area contributed by atoms with Crippen molar-refractivity contribution >= 4 is 29.6 Å². The molecule has 0 unspecified atom stereocenters. The molecule has 2 aromatic carbocycles. The standard InChI is InChI=1S/C22H25ClN2O5/c1-14(2)19(25-22(29)30-13-16-6-4-3-5-7-16)20(26)24-18(21(27)28)12-15-8-10-17(23)11-9-15/h3-11,14,18-19H,12-13H2,1-2H3,(H,24,26)(H,25,29)(H,27,28)/t18-,19-/m1/s1. The van der Waals surface area contributed by atoms with Crippen molar-refractivity contribution in [2.45, 2.75) is 39.0 Å². The summed E-state index contributed by atoms with van der Waals surface area (Å²) in [5, 5.41) is 15.0. The van der Waals surface area contributed by atoms with E-state index in [1.165, 1.54) is 0 Å². The minimum atomic E-state index is -1.17. The number of carboxylic acids is 1. The minimum Gasteiger partial charge on any atom is -0.480 e. The Balaban J connectivity index is 1.97. The van der Waals surface area contributed by atoms with Crippen LogP contribution >= 0.6 is 11.6 Å². The van der Waals surface area contributed by atoms with Gasteiger partial charge in [-0.05, 0) is 29.2 Å². The first-order valence-electron chi connectivity index (χ1n) is 9.51. The largest absolute Gasteiger partial charge is 0.480 e. The van der Waals surface area contributed by atoms with Crippen LogP contribution in [-0.4, -0.2) is 35.2 Å². The lowest BCUT2D eigenvalue weighted by molar-refractivity contribution is -0.142. The lowest BCUT2D eigenvalue weighted by Crippen LogP contribution is -2.54. The highest BCUT2D eigenvalue weighted by molar-refractivity contribution is 6.30. The third-order valence-corrected chi connectivity index (χ3v) is 4.65. The van der Waals surface area contributed by atoms with Gasteiger partial charge in [0.1, 0.15) is 18.7 Å². The Labute approximate surface area is 180 Å². The molecule has 7 nitrogen and oxygen atoms in total. The van der Waals surface area contributed by atoms with Crippen molar-refractivity contribution in [2.75, 3.05) is 0 Å². The summed E-state index contributed by atoms with van der Waals surface area (Å²) >= 11 is 5.85. The van der Waals surface area contributed by atoms with Gasteiger partial charge in [0.2, 0.25) is 5.91 Å². The number of ether oxygens (including phenoxy) is 1. The highest BCUT2D eigenvalue weighted by atomic mass is 35.5. The van der Waals surface area contributed by atoms with E-state index in [0.717, 1.165) is 5.56 Å². The Morgan fingerprint density at radius 3 is 2.17 bits per heavy atom. The van der Waals surface area contributed by atoms with Crippen LogP contribution in [0.25, 0.3) is 0 Å². The minimum absolute atomic E-state index is 0.0629. The Morgan fingerprint density at radius 2 is 1.60 bits per heavy atom.